The van der Waals surface area contributed by atoms with Gasteiger partial charge in [-0.3, -0.25) is 0 Å². The lowest BCUT2D eigenvalue weighted by atomic mass is 10.3. The topological polar surface area (TPSA) is 20.2 Å². The van der Waals surface area contributed by atoms with Crippen molar-refractivity contribution in [1.82, 2.24) is 0 Å². The minimum atomic E-state index is 0.298. The van der Waals surface area contributed by atoms with E-state index in [9.17, 15) is 0 Å². The van der Waals surface area contributed by atoms with Crippen LogP contribution in [0, 0.1) is 0 Å². The molecule has 0 saturated carbocycles. The molecule has 0 saturated heterocycles. The molecule has 3 heteroatoms. The van der Waals surface area contributed by atoms with Gasteiger partial charge in [-0.05, 0) is 24.3 Å². The maximum atomic E-state index is 8.98. The summed E-state index contributed by atoms with van der Waals surface area (Å²) in [5.41, 5.74) is 1.51. The molecule has 1 N–H and O–H groups in total. The van der Waals surface area contributed by atoms with Crippen LogP contribution in [0.2, 0.25) is 0 Å². The van der Waals surface area contributed by atoms with Crippen molar-refractivity contribution in [2.24, 2.45) is 0 Å². The summed E-state index contributed by atoms with van der Waals surface area (Å²) in [7, 11) is 0. The molecule has 0 unspecified atom stereocenters. The zero-order chi connectivity index (χ0) is 8.81. The van der Waals surface area contributed by atoms with E-state index in [1.165, 1.54) is 5.54 Å². The molecule has 0 aliphatic rings. The molecule has 0 amide bonds. The highest BCUT2D eigenvalue weighted by Gasteiger charge is 1.91. The Hall–Kier alpha value is -0.600. The molecule has 12 heavy (non-hydrogen) atoms. The van der Waals surface area contributed by atoms with E-state index in [0.717, 1.165) is 10.6 Å². The van der Waals surface area contributed by atoms with Crippen LogP contribution in [-0.4, -0.2) is 10.9 Å². The third-order valence-corrected chi connectivity index (χ3v) is 2.41. The van der Waals surface area contributed by atoms with Crippen molar-refractivity contribution in [2.45, 2.75) is 4.90 Å². The Balaban J connectivity index is 2.47. The molecule has 1 aromatic rings. The van der Waals surface area contributed by atoms with Crippen LogP contribution >= 0.6 is 23.4 Å². The third-order valence-electron chi connectivity index (χ3n) is 1.27. The number of halogens is 1. The number of hydrogen-bond donors (Lipinski definition) is 1. The van der Waals surface area contributed by atoms with Crippen LogP contribution in [0.5, 0.6) is 5.75 Å². The Bertz CT molecular complexity index is 256. The van der Waals surface area contributed by atoms with Crippen molar-refractivity contribution >= 4 is 23.4 Å². The highest BCUT2D eigenvalue weighted by molar-refractivity contribution is 7.99. The van der Waals surface area contributed by atoms with E-state index in [1.807, 2.05) is 18.2 Å². The summed E-state index contributed by atoms with van der Waals surface area (Å²) in [6, 6.07) is 7.10. The largest absolute Gasteiger partial charge is 0.508 e. The first-order valence-electron chi connectivity index (χ1n) is 3.50. The maximum Gasteiger partial charge on any atom is 0.115 e. The molecule has 0 fully saturated rings. The highest BCUT2D eigenvalue weighted by atomic mass is 35.5. The normalized spacial score (nSPS) is 10.8. The van der Waals surface area contributed by atoms with E-state index in [0.29, 0.717) is 5.75 Å². The van der Waals surface area contributed by atoms with Crippen LogP contribution in [0.3, 0.4) is 0 Å². The first kappa shape index (κ1) is 9.49. The standard InChI is InChI=1S/C9H9ClOS/c10-6-1-7-12-9-4-2-8(11)3-5-9/h1-6,11H,7H2/b6-1+. The number of phenolic OH excluding ortho intramolecular Hbond substituents is 1. The van der Waals surface area contributed by atoms with Gasteiger partial charge in [0.1, 0.15) is 5.75 Å². The second-order valence-corrected chi connectivity index (χ2v) is 3.51. The first-order valence-corrected chi connectivity index (χ1v) is 4.92. The Morgan fingerprint density at radius 2 is 2.00 bits per heavy atom. The minimum absolute atomic E-state index is 0.298. The highest BCUT2D eigenvalue weighted by Crippen LogP contribution is 2.20. The molecule has 1 rings (SSSR count). The Morgan fingerprint density at radius 1 is 1.33 bits per heavy atom. The van der Waals surface area contributed by atoms with Gasteiger partial charge in [0.05, 0.1) is 0 Å². The lowest BCUT2D eigenvalue weighted by molar-refractivity contribution is 0.475. The van der Waals surface area contributed by atoms with Gasteiger partial charge in [-0.15, -0.1) is 11.8 Å². The summed E-state index contributed by atoms with van der Waals surface area (Å²) in [5, 5.41) is 8.98. The molecule has 0 spiro atoms. The van der Waals surface area contributed by atoms with Gasteiger partial charge in [0.15, 0.2) is 0 Å². The van der Waals surface area contributed by atoms with Crippen LogP contribution in [0.15, 0.2) is 40.8 Å². The van der Waals surface area contributed by atoms with Crippen molar-refractivity contribution in [3.05, 3.63) is 35.9 Å². The number of rotatable bonds is 3. The first-order chi connectivity index (χ1) is 5.83. The quantitative estimate of drug-likeness (QED) is 0.756. The van der Waals surface area contributed by atoms with Gasteiger partial charge in [0.25, 0.3) is 0 Å². The molecule has 0 heterocycles. The molecule has 0 radical (unpaired) electrons. The molecular weight excluding hydrogens is 192 g/mol. The Kier molecular flexibility index (Phi) is 4.05. The second-order valence-electron chi connectivity index (χ2n) is 2.17. The molecule has 0 aliphatic heterocycles. The van der Waals surface area contributed by atoms with E-state index in [-0.39, 0.29) is 0 Å². The molecular formula is C9H9ClOS. The average Bonchev–Trinajstić information content (AvgIpc) is 2.09. The monoisotopic (exact) mass is 200 g/mol. The van der Waals surface area contributed by atoms with E-state index in [4.69, 9.17) is 16.7 Å². The SMILES string of the molecule is Oc1ccc(SC/C=C/Cl)cc1. The van der Waals surface area contributed by atoms with Gasteiger partial charge in [0, 0.05) is 16.2 Å². The summed E-state index contributed by atoms with van der Waals surface area (Å²) in [6.45, 7) is 0. The summed E-state index contributed by atoms with van der Waals surface area (Å²) in [5.74, 6) is 1.15. The van der Waals surface area contributed by atoms with Crippen molar-refractivity contribution in [3.63, 3.8) is 0 Å². The fourth-order valence-electron chi connectivity index (χ4n) is 0.723. The molecule has 0 aromatic heterocycles. The number of benzene rings is 1. The van der Waals surface area contributed by atoms with Crippen LogP contribution in [-0.2, 0) is 0 Å². The molecule has 1 nitrogen and oxygen atoms in total. The van der Waals surface area contributed by atoms with Gasteiger partial charge < -0.3 is 5.11 Å². The fourth-order valence-corrected chi connectivity index (χ4v) is 1.63. The van der Waals surface area contributed by atoms with Gasteiger partial charge in [-0.1, -0.05) is 17.7 Å². The summed E-state index contributed by atoms with van der Waals surface area (Å²) in [6.07, 6.45) is 1.87. The minimum Gasteiger partial charge on any atom is -0.508 e. The smallest absolute Gasteiger partial charge is 0.115 e. The number of thioether (sulfide) groups is 1. The van der Waals surface area contributed by atoms with Gasteiger partial charge in [0.2, 0.25) is 0 Å². The number of phenols is 1. The van der Waals surface area contributed by atoms with E-state index in [1.54, 1.807) is 23.9 Å². The average molecular weight is 201 g/mol. The number of aromatic hydroxyl groups is 1. The van der Waals surface area contributed by atoms with Crippen molar-refractivity contribution in [1.29, 1.82) is 0 Å². The summed E-state index contributed by atoms with van der Waals surface area (Å²) in [4.78, 5) is 1.13. The summed E-state index contributed by atoms with van der Waals surface area (Å²) >= 11 is 7.03. The fraction of sp³-hybridized carbons (Fsp3) is 0.111. The molecule has 1 aromatic carbocycles. The predicted molar refractivity (Wildman–Crippen MR) is 53.8 cm³/mol. The zero-order valence-electron chi connectivity index (χ0n) is 6.40. The van der Waals surface area contributed by atoms with Crippen molar-refractivity contribution < 1.29 is 5.11 Å². The molecule has 64 valence electrons. The Morgan fingerprint density at radius 3 is 2.58 bits per heavy atom. The van der Waals surface area contributed by atoms with E-state index >= 15 is 0 Å². The van der Waals surface area contributed by atoms with Crippen LogP contribution in [0.1, 0.15) is 0 Å². The van der Waals surface area contributed by atoms with E-state index < -0.39 is 0 Å². The summed E-state index contributed by atoms with van der Waals surface area (Å²) < 4.78 is 0. The molecule has 0 atom stereocenters. The van der Waals surface area contributed by atoms with Crippen molar-refractivity contribution in [2.75, 3.05) is 5.75 Å². The second kappa shape index (κ2) is 5.12. The zero-order valence-corrected chi connectivity index (χ0v) is 7.98. The number of hydrogen-bond acceptors (Lipinski definition) is 2. The molecule has 0 bridgehead atoms. The lowest BCUT2D eigenvalue weighted by Crippen LogP contribution is -1.72. The van der Waals surface area contributed by atoms with Gasteiger partial charge in [-0.2, -0.15) is 0 Å². The molecule has 0 aliphatic carbocycles. The van der Waals surface area contributed by atoms with Gasteiger partial charge >= 0.3 is 0 Å². The van der Waals surface area contributed by atoms with Crippen LogP contribution in [0.25, 0.3) is 0 Å². The maximum absolute atomic E-state index is 8.98. The lowest BCUT2D eigenvalue weighted by Gasteiger charge is -1.97. The van der Waals surface area contributed by atoms with E-state index in [2.05, 4.69) is 0 Å². The van der Waals surface area contributed by atoms with Gasteiger partial charge in [-0.25, -0.2) is 0 Å². The van der Waals surface area contributed by atoms with Crippen LogP contribution in [0.4, 0.5) is 0 Å². The predicted octanol–water partition coefficient (Wildman–Crippen LogP) is 3.24. The van der Waals surface area contributed by atoms with Crippen LogP contribution < -0.4 is 0 Å². The Labute approximate surface area is 81.1 Å². The third kappa shape index (κ3) is 3.20. The van der Waals surface area contributed by atoms with Crippen molar-refractivity contribution in [3.8, 4) is 5.75 Å².